The second-order valence-electron chi connectivity index (χ2n) is 7.11. The molecule has 0 aliphatic carbocycles. The van der Waals surface area contributed by atoms with Crippen molar-refractivity contribution in [1.82, 2.24) is 9.80 Å². The Labute approximate surface area is 150 Å². The van der Waals surface area contributed by atoms with E-state index in [1.54, 1.807) is 7.11 Å². The van der Waals surface area contributed by atoms with Crippen LogP contribution in [-0.2, 0) is 4.79 Å². The molecule has 0 unspecified atom stereocenters. The SMILES string of the molecule is COc1ccc(OCCCC(=O)N2CCC[C@H]2[C@@H]2CCCN2C)cc1. The Morgan fingerprint density at radius 3 is 2.44 bits per heavy atom. The highest BCUT2D eigenvalue weighted by Crippen LogP contribution is 2.29. The normalized spacial score (nSPS) is 23.8. The predicted octanol–water partition coefficient (Wildman–Crippen LogP) is 2.94. The summed E-state index contributed by atoms with van der Waals surface area (Å²) >= 11 is 0. The molecule has 2 saturated heterocycles. The van der Waals surface area contributed by atoms with E-state index in [1.807, 2.05) is 24.3 Å². The molecule has 0 aromatic heterocycles. The highest BCUT2D eigenvalue weighted by molar-refractivity contribution is 5.76. The molecule has 0 N–H and O–H groups in total. The number of likely N-dealkylation sites (N-methyl/N-ethyl adjacent to an activating group) is 1. The smallest absolute Gasteiger partial charge is 0.222 e. The molecule has 2 heterocycles. The molecular formula is C20H30N2O3. The second-order valence-corrected chi connectivity index (χ2v) is 7.11. The van der Waals surface area contributed by atoms with Gasteiger partial charge in [0.15, 0.2) is 0 Å². The van der Waals surface area contributed by atoms with Gasteiger partial charge in [-0.05, 0) is 70.0 Å². The molecule has 5 nitrogen and oxygen atoms in total. The summed E-state index contributed by atoms with van der Waals surface area (Å²) in [7, 11) is 3.85. The van der Waals surface area contributed by atoms with Crippen molar-refractivity contribution in [2.24, 2.45) is 0 Å². The Morgan fingerprint density at radius 2 is 1.76 bits per heavy atom. The zero-order valence-electron chi connectivity index (χ0n) is 15.4. The molecule has 3 rings (SSSR count). The minimum atomic E-state index is 0.293. The molecule has 0 spiro atoms. The van der Waals surface area contributed by atoms with E-state index in [1.165, 1.54) is 19.4 Å². The van der Waals surface area contributed by atoms with Crippen LogP contribution in [0.4, 0.5) is 0 Å². The van der Waals surface area contributed by atoms with Crippen LogP contribution in [0, 0.1) is 0 Å². The van der Waals surface area contributed by atoms with E-state index in [4.69, 9.17) is 9.47 Å². The van der Waals surface area contributed by atoms with Gasteiger partial charge in [0.1, 0.15) is 11.5 Å². The van der Waals surface area contributed by atoms with Crippen LogP contribution < -0.4 is 9.47 Å². The molecule has 1 aromatic carbocycles. The van der Waals surface area contributed by atoms with Crippen molar-refractivity contribution in [1.29, 1.82) is 0 Å². The highest BCUT2D eigenvalue weighted by atomic mass is 16.5. The van der Waals surface area contributed by atoms with Crippen molar-refractivity contribution in [2.45, 2.75) is 50.6 Å². The highest BCUT2D eigenvalue weighted by Gasteiger charge is 2.37. The molecule has 1 aromatic rings. The lowest BCUT2D eigenvalue weighted by atomic mass is 10.0. The number of carbonyl (C=O) groups is 1. The summed E-state index contributed by atoms with van der Waals surface area (Å²) in [5, 5.41) is 0. The first-order valence-corrected chi connectivity index (χ1v) is 9.45. The third-order valence-electron chi connectivity index (χ3n) is 5.50. The Hall–Kier alpha value is -1.75. The first-order valence-electron chi connectivity index (χ1n) is 9.45. The maximum Gasteiger partial charge on any atom is 0.222 e. The van der Waals surface area contributed by atoms with Crippen LogP contribution in [0.2, 0.25) is 0 Å². The summed E-state index contributed by atoms with van der Waals surface area (Å²) in [4.78, 5) is 17.2. The van der Waals surface area contributed by atoms with Crippen LogP contribution in [0.5, 0.6) is 11.5 Å². The third-order valence-corrected chi connectivity index (χ3v) is 5.50. The van der Waals surface area contributed by atoms with E-state index in [0.29, 0.717) is 31.0 Å². The molecule has 0 radical (unpaired) electrons. The van der Waals surface area contributed by atoms with Gasteiger partial charge in [0.05, 0.1) is 13.7 Å². The van der Waals surface area contributed by atoms with Gasteiger partial charge in [0.2, 0.25) is 5.91 Å². The lowest BCUT2D eigenvalue weighted by molar-refractivity contribution is -0.133. The van der Waals surface area contributed by atoms with Gasteiger partial charge in [0, 0.05) is 25.0 Å². The number of nitrogens with zero attached hydrogens (tertiary/aromatic N) is 2. The van der Waals surface area contributed by atoms with Crippen molar-refractivity contribution in [2.75, 3.05) is 33.9 Å². The zero-order chi connectivity index (χ0) is 17.6. The standard InChI is InChI=1S/C20H30N2O3/c1-21-13-3-6-18(21)19-7-4-14-22(19)20(23)8-5-15-25-17-11-9-16(24-2)10-12-17/h9-12,18-19H,3-8,13-15H2,1-2H3/t18-,19-/m0/s1. The van der Waals surface area contributed by atoms with E-state index in [2.05, 4.69) is 16.8 Å². The Bertz CT molecular complexity index is 561. The van der Waals surface area contributed by atoms with Crippen LogP contribution >= 0.6 is 0 Å². The number of ether oxygens (including phenoxy) is 2. The molecule has 0 bridgehead atoms. The maximum atomic E-state index is 12.6. The number of hydrogen-bond acceptors (Lipinski definition) is 4. The quantitative estimate of drug-likeness (QED) is 0.712. The molecule has 138 valence electrons. The van der Waals surface area contributed by atoms with Crippen molar-refractivity contribution in [3.63, 3.8) is 0 Å². The Kier molecular flexibility index (Phi) is 6.19. The summed E-state index contributed by atoms with van der Waals surface area (Å²) in [5.74, 6) is 1.93. The van der Waals surface area contributed by atoms with E-state index < -0.39 is 0 Å². The van der Waals surface area contributed by atoms with Gasteiger partial charge in [-0.1, -0.05) is 0 Å². The topological polar surface area (TPSA) is 42.0 Å². The fourth-order valence-electron chi connectivity index (χ4n) is 4.15. The molecule has 2 aliphatic heterocycles. The van der Waals surface area contributed by atoms with Gasteiger partial charge in [-0.2, -0.15) is 0 Å². The summed E-state index contributed by atoms with van der Waals surface area (Å²) < 4.78 is 10.9. The second kappa shape index (κ2) is 8.56. The van der Waals surface area contributed by atoms with Gasteiger partial charge in [0.25, 0.3) is 0 Å². The molecule has 2 atom stereocenters. The van der Waals surface area contributed by atoms with Crippen LogP contribution in [0.25, 0.3) is 0 Å². The van der Waals surface area contributed by atoms with Crippen LogP contribution in [0.1, 0.15) is 38.5 Å². The van der Waals surface area contributed by atoms with E-state index >= 15 is 0 Å². The van der Waals surface area contributed by atoms with Crippen LogP contribution in [0.15, 0.2) is 24.3 Å². The minimum Gasteiger partial charge on any atom is -0.497 e. The molecule has 1 amide bonds. The maximum absolute atomic E-state index is 12.6. The van der Waals surface area contributed by atoms with E-state index in [9.17, 15) is 4.79 Å². The number of amides is 1. The first-order chi connectivity index (χ1) is 12.2. The van der Waals surface area contributed by atoms with Gasteiger partial charge in [-0.15, -0.1) is 0 Å². The van der Waals surface area contributed by atoms with E-state index in [-0.39, 0.29) is 0 Å². The molecule has 2 fully saturated rings. The lowest BCUT2D eigenvalue weighted by Crippen LogP contribution is -2.47. The van der Waals surface area contributed by atoms with Crippen molar-refractivity contribution in [3.05, 3.63) is 24.3 Å². The third kappa shape index (κ3) is 4.46. The minimum absolute atomic E-state index is 0.293. The fourth-order valence-corrected chi connectivity index (χ4v) is 4.15. The number of likely N-dealkylation sites (tertiary alicyclic amines) is 2. The summed E-state index contributed by atoms with van der Waals surface area (Å²) in [5.41, 5.74) is 0. The average Bonchev–Trinajstić information content (AvgIpc) is 3.27. The molecule has 0 saturated carbocycles. The molecular weight excluding hydrogens is 316 g/mol. The fraction of sp³-hybridized carbons (Fsp3) is 0.650. The number of hydrogen-bond donors (Lipinski definition) is 0. The van der Waals surface area contributed by atoms with Gasteiger partial charge in [-0.3, -0.25) is 4.79 Å². The number of benzene rings is 1. The summed E-state index contributed by atoms with van der Waals surface area (Å²) in [6.07, 6.45) is 6.12. The van der Waals surface area contributed by atoms with E-state index in [0.717, 1.165) is 37.3 Å². The van der Waals surface area contributed by atoms with Crippen molar-refractivity contribution < 1.29 is 14.3 Å². The number of methoxy groups -OCH3 is 1. The Balaban J connectivity index is 1.42. The number of rotatable bonds is 7. The monoisotopic (exact) mass is 346 g/mol. The molecule has 5 heteroatoms. The zero-order valence-corrected chi connectivity index (χ0v) is 15.4. The van der Waals surface area contributed by atoms with Crippen LogP contribution in [-0.4, -0.2) is 61.6 Å². The van der Waals surface area contributed by atoms with Gasteiger partial charge in [-0.25, -0.2) is 0 Å². The summed E-state index contributed by atoms with van der Waals surface area (Å²) in [6, 6.07) is 8.53. The largest absolute Gasteiger partial charge is 0.497 e. The summed E-state index contributed by atoms with van der Waals surface area (Å²) in [6.45, 7) is 2.66. The first kappa shape index (κ1) is 18.1. The molecule has 2 aliphatic rings. The van der Waals surface area contributed by atoms with Crippen molar-refractivity contribution >= 4 is 5.91 Å². The lowest BCUT2D eigenvalue weighted by Gasteiger charge is -2.33. The number of carbonyl (C=O) groups excluding carboxylic acids is 1. The van der Waals surface area contributed by atoms with Crippen LogP contribution in [0.3, 0.4) is 0 Å². The molecule has 25 heavy (non-hydrogen) atoms. The van der Waals surface area contributed by atoms with Crippen molar-refractivity contribution in [3.8, 4) is 11.5 Å². The average molecular weight is 346 g/mol. The predicted molar refractivity (Wildman–Crippen MR) is 98.1 cm³/mol. The Morgan fingerprint density at radius 1 is 1.08 bits per heavy atom. The van der Waals surface area contributed by atoms with Gasteiger partial charge < -0.3 is 19.3 Å². The van der Waals surface area contributed by atoms with Gasteiger partial charge >= 0.3 is 0 Å².